The lowest BCUT2D eigenvalue weighted by molar-refractivity contribution is -0.137. The lowest BCUT2D eigenvalue weighted by Gasteiger charge is -2.13. The van der Waals surface area contributed by atoms with Gasteiger partial charge in [-0.2, -0.15) is 18.3 Å². The van der Waals surface area contributed by atoms with Crippen LogP contribution in [0.1, 0.15) is 29.3 Å². The summed E-state index contributed by atoms with van der Waals surface area (Å²) in [7, 11) is 0. The number of aromatic hydroxyl groups is 1. The first kappa shape index (κ1) is 20.0. The summed E-state index contributed by atoms with van der Waals surface area (Å²) in [6.45, 7) is 1.44. The first-order valence-corrected chi connectivity index (χ1v) is 7.75. The van der Waals surface area contributed by atoms with Gasteiger partial charge in [0.2, 0.25) is 5.91 Å². The Morgan fingerprint density at radius 2 is 1.81 bits per heavy atom. The van der Waals surface area contributed by atoms with Crippen molar-refractivity contribution < 1.29 is 27.9 Å². The van der Waals surface area contributed by atoms with Gasteiger partial charge in [-0.3, -0.25) is 9.59 Å². The van der Waals surface area contributed by atoms with Gasteiger partial charge in [-0.15, -0.1) is 0 Å². The van der Waals surface area contributed by atoms with E-state index < -0.39 is 23.6 Å². The summed E-state index contributed by atoms with van der Waals surface area (Å²) < 4.78 is 38.8. The Balaban J connectivity index is 1.98. The fourth-order valence-electron chi connectivity index (χ4n) is 2.16. The summed E-state index contributed by atoms with van der Waals surface area (Å²) in [4.78, 5) is 23.8. The number of phenolic OH excluding ortho intramolecular Hbond substituents is 1. The van der Waals surface area contributed by atoms with Crippen LogP contribution in [0.25, 0.3) is 0 Å². The molecule has 9 heteroatoms. The molecule has 3 N–H and O–H groups in total. The SMILES string of the molecule is CC(CC(=O)Nc1ccccc1C(F)(F)F)=NNC(=O)c1cccc(O)c1. The molecule has 2 amide bonds. The molecule has 0 radical (unpaired) electrons. The van der Waals surface area contributed by atoms with Crippen LogP contribution in [0.15, 0.2) is 53.6 Å². The third-order valence-corrected chi connectivity index (χ3v) is 3.38. The first-order chi connectivity index (χ1) is 12.7. The van der Waals surface area contributed by atoms with Crippen LogP contribution in [0.3, 0.4) is 0 Å². The molecule has 0 bridgehead atoms. The van der Waals surface area contributed by atoms with E-state index in [1.807, 2.05) is 0 Å². The van der Waals surface area contributed by atoms with Gasteiger partial charge < -0.3 is 10.4 Å². The van der Waals surface area contributed by atoms with Gasteiger partial charge in [-0.05, 0) is 37.3 Å². The second-order valence-corrected chi connectivity index (χ2v) is 5.61. The van der Waals surface area contributed by atoms with Gasteiger partial charge in [-0.1, -0.05) is 18.2 Å². The van der Waals surface area contributed by atoms with Gasteiger partial charge in [0.1, 0.15) is 5.75 Å². The van der Waals surface area contributed by atoms with Crippen LogP contribution in [0.4, 0.5) is 18.9 Å². The number of halogens is 3. The predicted octanol–water partition coefficient (Wildman–Crippen LogP) is 3.55. The Bertz CT molecular complexity index is 879. The zero-order valence-electron chi connectivity index (χ0n) is 14.2. The van der Waals surface area contributed by atoms with Gasteiger partial charge in [0, 0.05) is 11.3 Å². The zero-order chi connectivity index (χ0) is 20.0. The number of hydrazone groups is 1. The van der Waals surface area contributed by atoms with Gasteiger partial charge in [0.15, 0.2) is 0 Å². The molecule has 0 spiro atoms. The largest absolute Gasteiger partial charge is 0.508 e. The number of rotatable bonds is 5. The molecule has 0 atom stereocenters. The molecule has 0 unspecified atom stereocenters. The van der Waals surface area contributed by atoms with E-state index in [4.69, 9.17) is 0 Å². The second-order valence-electron chi connectivity index (χ2n) is 5.61. The highest BCUT2D eigenvalue weighted by Crippen LogP contribution is 2.34. The Morgan fingerprint density at radius 3 is 2.48 bits per heavy atom. The summed E-state index contributed by atoms with van der Waals surface area (Å²) in [6.07, 6.45) is -4.91. The quantitative estimate of drug-likeness (QED) is 0.548. The molecule has 6 nitrogen and oxygen atoms in total. The predicted molar refractivity (Wildman–Crippen MR) is 93.4 cm³/mol. The van der Waals surface area contributed by atoms with Crippen molar-refractivity contribution >= 4 is 23.2 Å². The maximum atomic E-state index is 12.9. The molecule has 2 rings (SSSR count). The molecule has 0 aromatic heterocycles. The Kier molecular flexibility index (Phi) is 6.17. The van der Waals surface area contributed by atoms with Crippen molar-refractivity contribution in [1.29, 1.82) is 0 Å². The minimum absolute atomic E-state index is 0.0916. The lowest BCUT2D eigenvalue weighted by atomic mass is 10.1. The Morgan fingerprint density at radius 1 is 1.11 bits per heavy atom. The number of para-hydroxylation sites is 1. The van der Waals surface area contributed by atoms with Crippen molar-refractivity contribution in [3.05, 3.63) is 59.7 Å². The highest BCUT2D eigenvalue weighted by Gasteiger charge is 2.33. The molecule has 142 valence electrons. The molecule has 0 fully saturated rings. The van der Waals surface area contributed by atoms with Gasteiger partial charge >= 0.3 is 6.18 Å². The third kappa shape index (κ3) is 5.84. The average Bonchev–Trinajstić information content (AvgIpc) is 2.59. The topological polar surface area (TPSA) is 90.8 Å². The smallest absolute Gasteiger partial charge is 0.418 e. The zero-order valence-corrected chi connectivity index (χ0v) is 14.2. The number of benzene rings is 2. The number of amides is 2. The number of nitrogens with one attached hydrogen (secondary N) is 2. The van der Waals surface area contributed by atoms with Crippen molar-refractivity contribution in [3.63, 3.8) is 0 Å². The number of anilines is 1. The number of carbonyl (C=O) groups excluding carboxylic acids is 2. The molecule has 0 saturated carbocycles. The number of hydrogen-bond donors (Lipinski definition) is 3. The van der Waals surface area contributed by atoms with E-state index in [1.54, 1.807) is 0 Å². The van der Waals surface area contributed by atoms with Crippen LogP contribution >= 0.6 is 0 Å². The molecular formula is C18H16F3N3O3. The van der Waals surface area contributed by atoms with Crippen LogP contribution in [0.5, 0.6) is 5.75 Å². The van der Waals surface area contributed by atoms with Gasteiger partial charge in [-0.25, -0.2) is 5.43 Å². The van der Waals surface area contributed by atoms with E-state index in [2.05, 4.69) is 15.8 Å². The average molecular weight is 379 g/mol. The minimum Gasteiger partial charge on any atom is -0.508 e. The van der Waals surface area contributed by atoms with Crippen LogP contribution < -0.4 is 10.7 Å². The molecule has 2 aromatic carbocycles. The van der Waals surface area contributed by atoms with E-state index >= 15 is 0 Å². The summed E-state index contributed by atoms with van der Waals surface area (Å²) >= 11 is 0. The third-order valence-electron chi connectivity index (χ3n) is 3.38. The summed E-state index contributed by atoms with van der Waals surface area (Å²) in [5, 5.41) is 15.3. The van der Waals surface area contributed by atoms with Gasteiger partial charge in [0.05, 0.1) is 17.7 Å². The van der Waals surface area contributed by atoms with Crippen molar-refractivity contribution in [2.45, 2.75) is 19.5 Å². The Hall–Kier alpha value is -3.36. The van der Waals surface area contributed by atoms with Crippen molar-refractivity contribution in [3.8, 4) is 5.75 Å². The molecule has 0 heterocycles. The van der Waals surface area contributed by atoms with E-state index in [0.29, 0.717) is 0 Å². The molecule has 0 aliphatic heterocycles. The van der Waals surface area contributed by atoms with E-state index in [0.717, 1.165) is 12.1 Å². The molecule has 2 aromatic rings. The maximum absolute atomic E-state index is 12.9. The van der Waals surface area contributed by atoms with E-state index in [1.165, 1.54) is 43.3 Å². The van der Waals surface area contributed by atoms with Crippen LogP contribution in [0.2, 0.25) is 0 Å². The summed E-state index contributed by atoms with van der Waals surface area (Å²) in [6, 6.07) is 10.2. The van der Waals surface area contributed by atoms with E-state index in [-0.39, 0.29) is 29.1 Å². The minimum atomic E-state index is -4.60. The van der Waals surface area contributed by atoms with Crippen LogP contribution in [0, 0.1) is 0 Å². The number of phenols is 1. The fraction of sp³-hybridized carbons (Fsp3) is 0.167. The molecule has 27 heavy (non-hydrogen) atoms. The summed E-state index contributed by atoms with van der Waals surface area (Å²) in [5.41, 5.74) is 1.25. The van der Waals surface area contributed by atoms with E-state index in [9.17, 15) is 27.9 Å². The first-order valence-electron chi connectivity index (χ1n) is 7.75. The van der Waals surface area contributed by atoms with Gasteiger partial charge in [0.25, 0.3) is 5.91 Å². The second kappa shape index (κ2) is 8.35. The molecule has 0 aliphatic carbocycles. The Labute approximate surface area is 152 Å². The number of alkyl halides is 3. The maximum Gasteiger partial charge on any atom is 0.418 e. The van der Waals surface area contributed by atoms with Crippen molar-refractivity contribution in [1.82, 2.24) is 5.43 Å². The molecule has 0 aliphatic rings. The van der Waals surface area contributed by atoms with Crippen LogP contribution in [-0.4, -0.2) is 22.6 Å². The monoisotopic (exact) mass is 379 g/mol. The van der Waals surface area contributed by atoms with Crippen molar-refractivity contribution in [2.75, 3.05) is 5.32 Å². The molecular weight excluding hydrogens is 363 g/mol. The highest BCUT2D eigenvalue weighted by atomic mass is 19.4. The number of carbonyl (C=O) groups is 2. The summed E-state index contributed by atoms with van der Waals surface area (Å²) in [5.74, 6) is -1.40. The number of nitrogens with zero attached hydrogens (tertiary/aromatic N) is 1. The highest BCUT2D eigenvalue weighted by molar-refractivity contribution is 6.06. The molecule has 0 saturated heterocycles. The number of hydrogen-bond acceptors (Lipinski definition) is 4. The normalized spacial score (nSPS) is 11.8. The van der Waals surface area contributed by atoms with Crippen molar-refractivity contribution in [2.24, 2.45) is 5.10 Å². The fourth-order valence-corrected chi connectivity index (χ4v) is 2.16. The standard InChI is InChI=1S/C18H16F3N3O3/c1-11(23-24-17(27)12-5-4-6-13(25)10-12)9-16(26)22-15-8-3-2-7-14(15)18(19,20)21/h2-8,10,25H,9H2,1H3,(H,22,26)(H,24,27). The lowest BCUT2D eigenvalue weighted by Crippen LogP contribution is -2.22. The van der Waals surface area contributed by atoms with Crippen LogP contribution in [-0.2, 0) is 11.0 Å².